The van der Waals surface area contributed by atoms with Crippen molar-refractivity contribution in [2.24, 2.45) is 0 Å². The molecule has 6 heteroatoms. The first kappa shape index (κ1) is 20.1. The normalized spacial score (nSPS) is 10.4. The molecule has 0 amide bonds. The summed E-state index contributed by atoms with van der Waals surface area (Å²) in [7, 11) is 1.62. The molecule has 0 saturated heterocycles. The van der Waals surface area contributed by atoms with Crippen LogP contribution < -0.4 is 10.1 Å². The van der Waals surface area contributed by atoms with Gasteiger partial charge in [0.05, 0.1) is 12.8 Å². The summed E-state index contributed by atoms with van der Waals surface area (Å²) in [4.78, 5) is 6.31. The number of aryl methyl sites for hydroxylation is 1. The van der Waals surface area contributed by atoms with Crippen LogP contribution >= 0.6 is 23.8 Å². The highest BCUT2D eigenvalue weighted by Crippen LogP contribution is 2.28. The van der Waals surface area contributed by atoms with Crippen LogP contribution in [0.5, 0.6) is 5.75 Å². The number of rotatable bonds is 6. The van der Waals surface area contributed by atoms with Crippen LogP contribution in [0.3, 0.4) is 0 Å². The van der Waals surface area contributed by atoms with Gasteiger partial charge >= 0.3 is 0 Å². The van der Waals surface area contributed by atoms with Crippen LogP contribution in [-0.2, 0) is 13.1 Å². The van der Waals surface area contributed by atoms with Gasteiger partial charge in [-0.05, 0) is 54.5 Å². The van der Waals surface area contributed by atoms with Crippen molar-refractivity contribution >= 4 is 34.6 Å². The van der Waals surface area contributed by atoms with E-state index in [1.165, 1.54) is 11.1 Å². The average molecular weight is 412 g/mol. The summed E-state index contributed by atoms with van der Waals surface area (Å²) in [6, 6.07) is 17.8. The fourth-order valence-corrected chi connectivity index (χ4v) is 3.21. The van der Waals surface area contributed by atoms with E-state index in [1.54, 1.807) is 25.4 Å². The molecule has 1 N–H and O–H groups in total. The minimum Gasteiger partial charge on any atom is -0.495 e. The molecular weight excluding hydrogens is 390 g/mol. The van der Waals surface area contributed by atoms with Crippen LogP contribution in [-0.4, -0.2) is 22.1 Å². The standard InChI is InChI=1S/C22H22ClN3OS/c1-16-5-7-17(8-6-16)14-26(15-18-4-3-11-24-13-18)22(28)25-20-12-19(23)9-10-21(20)27-2/h3-13H,14-15H2,1-2H3,(H,25,28). The Bertz CT molecular complexity index is 932. The molecule has 0 aliphatic carbocycles. The second-order valence-electron chi connectivity index (χ2n) is 6.48. The van der Waals surface area contributed by atoms with Crippen LogP contribution in [0.15, 0.2) is 67.0 Å². The largest absolute Gasteiger partial charge is 0.495 e. The molecule has 28 heavy (non-hydrogen) atoms. The SMILES string of the molecule is COc1ccc(Cl)cc1NC(=S)N(Cc1ccc(C)cc1)Cc1cccnc1. The lowest BCUT2D eigenvalue weighted by molar-refractivity contribution is 0.408. The van der Waals surface area contributed by atoms with Crippen LogP contribution in [0.2, 0.25) is 5.02 Å². The molecule has 0 saturated carbocycles. The van der Waals surface area contributed by atoms with Crippen LogP contribution in [0.25, 0.3) is 0 Å². The van der Waals surface area contributed by atoms with E-state index in [9.17, 15) is 0 Å². The Morgan fingerprint density at radius 3 is 2.54 bits per heavy atom. The maximum Gasteiger partial charge on any atom is 0.174 e. The highest BCUT2D eigenvalue weighted by molar-refractivity contribution is 7.80. The second kappa shape index (κ2) is 9.53. The summed E-state index contributed by atoms with van der Waals surface area (Å²) in [6.45, 7) is 3.38. The van der Waals surface area contributed by atoms with E-state index in [1.807, 2.05) is 24.4 Å². The molecule has 0 aliphatic heterocycles. The smallest absolute Gasteiger partial charge is 0.174 e. The van der Waals surface area contributed by atoms with E-state index in [2.05, 4.69) is 46.4 Å². The lowest BCUT2D eigenvalue weighted by Crippen LogP contribution is -2.34. The number of nitrogens with one attached hydrogen (secondary N) is 1. The Kier molecular flexibility index (Phi) is 6.85. The van der Waals surface area contributed by atoms with E-state index in [0.717, 1.165) is 11.3 Å². The minimum absolute atomic E-state index is 0.588. The fourth-order valence-electron chi connectivity index (χ4n) is 2.80. The molecule has 2 aromatic carbocycles. The summed E-state index contributed by atoms with van der Waals surface area (Å²) in [5.74, 6) is 0.684. The molecule has 1 heterocycles. The third kappa shape index (κ3) is 5.44. The lowest BCUT2D eigenvalue weighted by Gasteiger charge is -2.26. The third-order valence-corrected chi connectivity index (χ3v) is 4.88. The Hall–Kier alpha value is -2.63. The molecule has 1 aromatic heterocycles. The van der Waals surface area contributed by atoms with Crippen molar-refractivity contribution < 1.29 is 4.74 Å². The predicted octanol–water partition coefficient (Wildman–Crippen LogP) is 5.45. The average Bonchev–Trinajstić information content (AvgIpc) is 2.70. The number of nitrogens with zero attached hydrogens (tertiary/aromatic N) is 2. The van der Waals surface area contributed by atoms with E-state index >= 15 is 0 Å². The van der Waals surface area contributed by atoms with E-state index in [4.69, 9.17) is 28.6 Å². The van der Waals surface area contributed by atoms with Gasteiger partial charge in [-0.25, -0.2) is 0 Å². The molecule has 144 valence electrons. The molecule has 3 rings (SSSR count). The van der Waals surface area contributed by atoms with Gasteiger partial charge in [-0.2, -0.15) is 0 Å². The lowest BCUT2D eigenvalue weighted by atomic mass is 10.1. The number of hydrogen-bond donors (Lipinski definition) is 1. The Balaban J connectivity index is 1.83. The topological polar surface area (TPSA) is 37.4 Å². The molecule has 4 nitrogen and oxygen atoms in total. The van der Waals surface area contributed by atoms with Gasteiger partial charge in [0.1, 0.15) is 5.75 Å². The van der Waals surface area contributed by atoms with Crippen LogP contribution in [0.4, 0.5) is 5.69 Å². The van der Waals surface area contributed by atoms with E-state index in [-0.39, 0.29) is 0 Å². The first-order chi connectivity index (χ1) is 13.5. The number of thiocarbonyl (C=S) groups is 1. The summed E-state index contributed by atoms with van der Waals surface area (Å²) < 4.78 is 5.42. The number of halogens is 1. The van der Waals surface area contributed by atoms with Crippen molar-refractivity contribution in [1.29, 1.82) is 0 Å². The van der Waals surface area contributed by atoms with Gasteiger partial charge in [0.2, 0.25) is 0 Å². The van der Waals surface area contributed by atoms with E-state index < -0.39 is 0 Å². The number of hydrogen-bond acceptors (Lipinski definition) is 3. The van der Waals surface area contributed by atoms with Crippen molar-refractivity contribution in [3.8, 4) is 5.75 Å². The highest BCUT2D eigenvalue weighted by Gasteiger charge is 2.14. The molecule has 0 bridgehead atoms. The number of benzene rings is 2. The molecule has 0 radical (unpaired) electrons. The van der Waals surface area contributed by atoms with Gasteiger partial charge in [-0.3, -0.25) is 4.98 Å². The van der Waals surface area contributed by atoms with Crippen LogP contribution in [0.1, 0.15) is 16.7 Å². The first-order valence-corrected chi connectivity index (χ1v) is 9.67. The minimum atomic E-state index is 0.588. The van der Waals surface area contributed by atoms with Crippen molar-refractivity contribution in [3.63, 3.8) is 0 Å². The van der Waals surface area contributed by atoms with Crippen molar-refractivity contribution in [2.45, 2.75) is 20.0 Å². The van der Waals surface area contributed by atoms with Crippen LogP contribution in [0, 0.1) is 6.92 Å². The van der Waals surface area contributed by atoms with Gasteiger partial charge in [0.15, 0.2) is 5.11 Å². The maximum absolute atomic E-state index is 6.15. The Morgan fingerprint density at radius 2 is 1.86 bits per heavy atom. The maximum atomic E-state index is 6.15. The predicted molar refractivity (Wildman–Crippen MR) is 119 cm³/mol. The molecule has 0 fully saturated rings. The highest BCUT2D eigenvalue weighted by atomic mass is 35.5. The number of anilines is 1. The number of pyridine rings is 1. The zero-order valence-electron chi connectivity index (χ0n) is 15.9. The van der Waals surface area contributed by atoms with Gasteiger partial charge < -0.3 is 15.0 Å². The second-order valence-corrected chi connectivity index (χ2v) is 7.30. The van der Waals surface area contributed by atoms with Gasteiger partial charge in [-0.1, -0.05) is 47.5 Å². The number of methoxy groups -OCH3 is 1. The summed E-state index contributed by atoms with van der Waals surface area (Å²) in [5.41, 5.74) is 4.22. The fraction of sp³-hybridized carbons (Fsp3) is 0.182. The van der Waals surface area contributed by atoms with Gasteiger partial charge in [0.25, 0.3) is 0 Å². The Labute approximate surface area is 176 Å². The molecule has 0 unspecified atom stereocenters. The molecule has 3 aromatic rings. The number of ether oxygens (including phenoxy) is 1. The molecule has 0 spiro atoms. The summed E-state index contributed by atoms with van der Waals surface area (Å²) >= 11 is 11.9. The zero-order chi connectivity index (χ0) is 19.9. The van der Waals surface area contributed by atoms with Crippen molar-refractivity contribution in [2.75, 3.05) is 12.4 Å². The third-order valence-electron chi connectivity index (χ3n) is 4.28. The van der Waals surface area contributed by atoms with Gasteiger partial charge in [-0.15, -0.1) is 0 Å². The van der Waals surface area contributed by atoms with Crippen molar-refractivity contribution in [1.82, 2.24) is 9.88 Å². The quantitative estimate of drug-likeness (QED) is 0.546. The monoisotopic (exact) mass is 411 g/mol. The number of aromatic nitrogens is 1. The molecule has 0 aliphatic rings. The van der Waals surface area contributed by atoms with E-state index in [0.29, 0.717) is 29.0 Å². The van der Waals surface area contributed by atoms with Gasteiger partial charge in [0, 0.05) is 30.5 Å². The van der Waals surface area contributed by atoms with Crippen molar-refractivity contribution in [3.05, 3.63) is 88.7 Å². The summed E-state index contributed by atoms with van der Waals surface area (Å²) in [5, 5.41) is 4.48. The molecule has 0 atom stereocenters. The Morgan fingerprint density at radius 1 is 1.11 bits per heavy atom. The molecular formula is C22H22ClN3OS. The summed E-state index contributed by atoms with van der Waals surface area (Å²) in [6.07, 6.45) is 3.62. The zero-order valence-corrected chi connectivity index (χ0v) is 17.4. The first-order valence-electron chi connectivity index (χ1n) is 8.89.